The second-order valence-corrected chi connectivity index (χ2v) is 3.28. The van der Waals surface area contributed by atoms with Gasteiger partial charge >= 0.3 is 0 Å². The molecule has 2 N–H and O–H groups in total. The molecule has 2 aromatic rings. The van der Waals surface area contributed by atoms with Crippen LogP contribution in [0.15, 0.2) is 4.47 Å². The molecule has 0 aromatic carbocycles. The number of rotatable bonds is 0. The molecule has 0 amide bonds. The van der Waals surface area contributed by atoms with Gasteiger partial charge < -0.3 is 5.73 Å². The Hall–Kier alpha value is -1.24. The molecule has 13 heavy (non-hydrogen) atoms. The third kappa shape index (κ3) is 1.15. The van der Waals surface area contributed by atoms with E-state index in [2.05, 4.69) is 31.1 Å². The van der Waals surface area contributed by atoms with Crippen molar-refractivity contribution in [2.75, 3.05) is 5.73 Å². The van der Waals surface area contributed by atoms with Gasteiger partial charge in [-0.3, -0.25) is 0 Å². The number of aromatic nitrogens is 4. The lowest BCUT2D eigenvalue weighted by atomic mass is 10.5. The molecule has 0 unspecified atom stereocenters. The molecule has 2 heterocycles. The third-order valence-electron chi connectivity index (χ3n) is 1.54. The first-order valence-electron chi connectivity index (χ1n) is 3.43. The average Bonchev–Trinajstić information content (AvgIpc) is 2.27. The van der Waals surface area contributed by atoms with Crippen LogP contribution in [0.1, 0.15) is 5.82 Å². The van der Waals surface area contributed by atoms with Crippen LogP contribution in [-0.4, -0.2) is 19.8 Å². The van der Waals surface area contributed by atoms with E-state index in [0.29, 0.717) is 11.3 Å². The summed E-state index contributed by atoms with van der Waals surface area (Å²) in [6, 6.07) is 0. The normalized spacial score (nSPS) is 11.0. The summed E-state index contributed by atoms with van der Waals surface area (Å²) in [5.41, 5.74) is 5.91. The van der Waals surface area contributed by atoms with Crippen LogP contribution < -0.4 is 5.73 Å². The number of halogens is 2. The fourth-order valence-electron chi connectivity index (χ4n) is 1.04. The molecule has 0 saturated heterocycles. The Morgan fingerprint density at radius 3 is 2.85 bits per heavy atom. The van der Waals surface area contributed by atoms with Crippen LogP contribution in [-0.2, 0) is 0 Å². The van der Waals surface area contributed by atoms with Gasteiger partial charge in [0.25, 0.3) is 0 Å². The quantitative estimate of drug-likeness (QED) is 0.750. The van der Waals surface area contributed by atoms with E-state index in [9.17, 15) is 4.39 Å². The van der Waals surface area contributed by atoms with Gasteiger partial charge in [-0.05, 0) is 22.9 Å². The molecule has 7 heteroatoms. The average molecular weight is 246 g/mol. The minimum atomic E-state index is -0.647. The first-order chi connectivity index (χ1) is 6.09. The molecule has 0 aliphatic carbocycles. The molecule has 68 valence electrons. The van der Waals surface area contributed by atoms with E-state index in [-0.39, 0.29) is 10.3 Å². The van der Waals surface area contributed by atoms with Gasteiger partial charge in [-0.2, -0.15) is 4.39 Å². The SMILES string of the molecule is Cc1nc(N)c2c(Br)c(F)nn2n1. The minimum Gasteiger partial charge on any atom is -0.382 e. The lowest BCUT2D eigenvalue weighted by Crippen LogP contribution is -2.03. The van der Waals surface area contributed by atoms with E-state index in [1.165, 1.54) is 0 Å². The number of hydrogen-bond donors (Lipinski definition) is 1. The van der Waals surface area contributed by atoms with Crippen LogP contribution in [0.25, 0.3) is 5.52 Å². The third-order valence-corrected chi connectivity index (χ3v) is 2.24. The summed E-state index contributed by atoms with van der Waals surface area (Å²) in [5, 5.41) is 7.37. The number of fused-ring (bicyclic) bond motifs is 1. The van der Waals surface area contributed by atoms with Gasteiger partial charge in [0.05, 0.1) is 0 Å². The Labute approximate surface area is 80.9 Å². The Kier molecular flexibility index (Phi) is 1.69. The summed E-state index contributed by atoms with van der Waals surface area (Å²) in [6.45, 7) is 1.66. The zero-order chi connectivity index (χ0) is 9.59. The number of hydrogen-bond acceptors (Lipinski definition) is 4. The van der Waals surface area contributed by atoms with Crippen molar-refractivity contribution in [2.24, 2.45) is 0 Å². The summed E-state index contributed by atoms with van der Waals surface area (Å²) in [4.78, 5) is 3.89. The first kappa shape index (κ1) is 8.36. The van der Waals surface area contributed by atoms with E-state index < -0.39 is 5.95 Å². The molecule has 0 bridgehead atoms. The van der Waals surface area contributed by atoms with E-state index in [1.807, 2.05) is 0 Å². The molecule has 2 rings (SSSR count). The number of nitrogens with two attached hydrogens (primary N) is 1. The van der Waals surface area contributed by atoms with Gasteiger partial charge in [-0.15, -0.1) is 14.8 Å². The number of nitrogen functional groups attached to an aromatic ring is 1. The molecular formula is C6H5BrFN5. The maximum absolute atomic E-state index is 12.9. The monoisotopic (exact) mass is 245 g/mol. The largest absolute Gasteiger partial charge is 0.382 e. The molecule has 0 radical (unpaired) electrons. The van der Waals surface area contributed by atoms with Crippen molar-refractivity contribution < 1.29 is 4.39 Å². The van der Waals surface area contributed by atoms with Gasteiger partial charge in [-0.25, -0.2) is 4.98 Å². The molecule has 0 atom stereocenters. The molecule has 2 aromatic heterocycles. The Balaban J connectivity index is 2.94. The Morgan fingerprint density at radius 2 is 2.15 bits per heavy atom. The Bertz CT molecular complexity index is 479. The maximum Gasteiger partial charge on any atom is 0.249 e. The summed E-state index contributed by atoms with van der Waals surface area (Å²) < 4.78 is 14.3. The van der Waals surface area contributed by atoms with E-state index in [1.54, 1.807) is 6.92 Å². The van der Waals surface area contributed by atoms with Crippen molar-refractivity contribution in [1.82, 2.24) is 19.8 Å². The highest BCUT2D eigenvalue weighted by Crippen LogP contribution is 2.23. The van der Waals surface area contributed by atoms with E-state index in [4.69, 9.17) is 5.73 Å². The Morgan fingerprint density at radius 1 is 1.46 bits per heavy atom. The highest BCUT2D eigenvalue weighted by atomic mass is 79.9. The van der Waals surface area contributed by atoms with E-state index in [0.717, 1.165) is 4.63 Å². The molecule has 0 aliphatic rings. The lowest BCUT2D eigenvalue weighted by Gasteiger charge is -1.97. The fourth-order valence-corrected chi connectivity index (χ4v) is 1.48. The molecule has 0 saturated carbocycles. The number of anilines is 1. The van der Waals surface area contributed by atoms with Gasteiger partial charge in [0.15, 0.2) is 5.82 Å². The fraction of sp³-hybridized carbons (Fsp3) is 0.167. The molecule has 0 fully saturated rings. The predicted molar refractivity (Wildman–Crippen MR) is 47.6 cm³/mol. The zero-order valence-electron chi connectivity index (χ0n) is 6.62. The van der Waals surface area contributed by atoms with Crippen LogP contribution in [0.3, 0.4) is 0 Å². The number of nitrogens with zero attached hydrogens (tertiary/aromatic N) is 4. The minimum absolute atomic E-state index is 0.185. The van der Waals surface area contributed by atoms with Crippen LogP contribution in [0.5, 0.6) is 0 Å². The van der Waals surface area contributed by atoms with Crippen LogP contribution >= 0.6 is 15.9 Å². The zero-order valence-corrected chi connectivity index (χ0v) is 8.21. The van der Waals surface area contributed by atoms with Crippen molar-refractivity contribution in [2.45, 2.75) is 6.92 Å². The first-order valence-corrected chi connectivity index (χ1v) is 4.23. The van der Waals surface area contributed by atoms with Gasteiger partial charge in [0, 0.05) is 0 Å². The predicted octanol–water partition coefficient (Wildman–Crippen LogP) is 0.917. The summed E-state index contributed by atoms with van der Waals surface area (Å²) in [6.07, 6.45) is 0. The standard InChI is InChI=1S/C6H5BrFN5/c1-2-10-6(9)4-3(7)5(8)12-13(4)11-2/h1H3,(H2,9,10,11). The van der Waals surface area contributed by atoms with Gasteiger partial charge in [0.1, 0.15) is 15.8 Å². The van der Waals surface area contributed by atoms with Gasteiger partial charge in [0.2, 0.25) is 5.95 Å². The molecular weight excluding hydrogens is 241 g/mol. The maximum atomic E-state index is 12.9. The van der Waals surface area contributed by atoms with Crippen LogP contribution in [0, 0.1) is 12.9 Å². The number of aryl methyl sites for hydroxylation is 1. The van der Waals surface area contributed by atoms with Crippen molar-refractivity contribution in [3.05, 3.63) is 16.2 Å². The van der Waals surface area contributed by atoms with Crippen molar-refractivity contribution in [3.8, 4) is 0 Å². The lowest BCUT2D eigenvalue weighted by molar-refractivity contribution is 0.553. The smallest absolute Gasteiger partial charge is 0.249 e. The second-order valence-electron chi connectivity index (χ2n) is 2.49. The molecule has 0 aliphatic heterocycles. The van der Waals surface area contributed by atoms with Crippen molar-refractivity contribution in [3.63, 3.8) is 0 Å². The summed E-state index contributed by atoms with van der Waals surface area (Å²) >= 11 is 3.01. The van der Waals surface area contributed by atoms with Crippen LogP contribution in [0.2, 0.25) is 0 Å². The van der Waals surface area contributed by atoms with Gasteiger partial charge in [-0.1, -0.05) is 0 Å². The highest BCUT2D eigenvalue weighted by Gasteiger charge is 2.14. The highest BCUT2D eigenvalue weighted by molar-refractivity contribution is 9.10. The molecule has 5 nitrogen and oxygen atoms in total. The summed E-state index contributed by atoms with van der Waals surface area (Å²) in [5.74, 6) is 0.00220. The van der Waals surface area contributed by atoms with Crippen LogP contribution in [0.4, 0.5) is 10.2 Å². The van der Waals surface area contributed by atoms with Crippen molar-refractivity contribution >= 4 is 27.3 Å². The summed E-state index contributed by atoms with van der Waals surface area (Å²) in [7, 11) is 0. The van der Waals surface area contributed by atoms with Crippen molar-refractivity contribution in [1.29, 1.82) is 0 Å². The molecule has 0 spiro atoms. The second kappa shape index (κ2) is 2.63. The van der Waals surface area contributed by atoms with E-state index >= 15 is 0 Å². The topological polar surface area (TPSA) is 69.1 Å².